The van der Waals surface area contributed by atoms with Crippen LogP contribution in [0.1, 0.15) is 23.1 Å². The Morgan fingerprint density at radius 2 is 2.28 bits per heavy atom. The first-order chi connectivity index (χ1) is 8.54. The van der Waals surface area contributed by atoms with Gasteiger partial charge in [-0.05, 0) is 13.8 Å². The maximum Gasteiger partial charge on any atom is 0.278 e. The molecule has 0 aliphatic rings. The van der Waals surface area contributed by atoms with Gasteiger partial charge in [0.15, 0.2) is 0 Å². The Morgan fingerprint density at radius 3 is 2.83 bits per heavy atom. The summed E-state index contributed by atoms with van der Waals surface area (Å²) in [6, 6.07) is 0. The van der Waals surface area contributed by atoms with Crippen molar-refractivity contribution in [1.82, 2.24) is 24.5 Å². The molecule has 0 aliphatic heterocycles. The highest BCUT2D eigenvalue weighted by Crippen LogP contribution is 2.17. The van der Waals surface area contributed by atoms with Gasteiger partial charge in [-0.15, -0.1) is 0 Å². The molecule has 1 amide bonds. The summed E-state index contributed by atoms with van der Waals surface area (Å²) in [6.07, 6.45) is 1.36. The summed E-state index contributed by atoms with van der Waals surface area (Å²) in [5, 5.41) is 10.7. The highest BCUT2D eigenvalue weighted by atomic mass is 16.2. The smallest absolute Gasteiger partial charge is 0.278 e. The fraction of sp³-hybridized carbons (Fsp3) is 0.400. The number of anilines is 2. The molecule has 2 aromatic rings. The van der Waals surface area contributed by atoms with Gasteiger partial charge in [-0.1, -0.05) is 0 Å². The third-order valence-electron chi connectivity index (χ3n) is 2.63. The van der Waals surface area contributed by atoms with E-state index in [1.54, 1.807) is 18.7 Å². The molecule has 2 aromatic heterocycles. The standard InChI is InChI=1S/C10H15N7O/c1-4-17-8(7(11)6(2)15-17)9(18)14-10-12-5-13-16(10)3/h5H,4,11H2,1-3H3,(H,12,13,14,18). The molecule has 8 heteroatoms. The van der Waals surface area contributed by atoms with E-state index < -0.39 is 0 Å². The van der Waals surface area contributed by atoms with Gasteiger partial charge in [0, 0.05) is 13.6 Å². The number of carbonyl (C=O) groups is 1. The summed E-state index contributed by atoms with van der Waals surface area (Å²) < 4.78 is 3.03. The van der Waals surface area contributed by atoms with E-state index in [-0.39, 0.29) is 5.91 Å². The quantitative estimate of drug-likeness (QED) is 0.807. The third kappa shape index (κ3) is 1.92. The summed E-state index contributed by atoms with van der Waals surface area (Å²) in [5.74, 6) is 0.0203. The van der Waals surface area contributed by atoms with Crippen molar-refractivity contribution in [2.24, 2.45) is 7.05 Å². The average Bonchev–Trinajstić information content (AvgIpc) is 2.85. The third-order valence-corrected chi connectivity index (χ3v) is 2.63. The lowest BCUT2D eigenvalue weighted by atomic mass is 10.3. The molecule has 0 saturated heterocycles. The zero-order valence-electron chi connectivity index (χ0n) is 10.5. The van der Waals surface area contributed by atoms with E-state index >= 15 is 0 Å². The first-order valence-corrected chi connectivity index (χ1v) is 5.52. The van der Waals surface area contributed by atoms with Gasteiger partial charge < -0.3 is 5.73 Å². The van der Waals surface area contributed by atoms with Crippen molar-refractivity contribution in [3.63, 3.8) is 0 Å². The van der Waals surface area contributed by atoms with Crippen LogP contribution in [0, 0.1) is 6.92 Å². The Bertz CT molecular complexity index is 583. The van der Waals surface area contributed by atoms with Crippen LogP contribution in [0.2, 0.25) is 0 Å². The van der Waals surface area contributed by atoms with Crippen molar-refractivity contribution in [1.29, 1.82) is 0 Å². The summed E-state index contributed by atoms with van der Waals surface area (Å²) in [7, 11) is 1.69. The summed E-state index contributed by atoms with van der Waals surface area (Å²) >= 11 is 0. The lowest BCUT2D eigenvalue weighted by molar-refractivity contribution is 0.101. The normalized spacial score (nSPS) is 10.6. The van der Waals surface area contributed by atoms with E-state index in [0.29, 0.717) is 29.6 Å². The number of aromatic nitrogens is 5. The maximum atomic E-state index is 12.1. The lowest BCUT2D eigenvalue weighted by Gasteiger charge is -2.06. The number of nitrogens with two attached hydrogens (primary N) is 1. The summed E-state index contributed by atoms with van der Waals surface area (Å²) in [6.45, 7) is 4.23. The van der Waals surface area contributed by atoms with E-state index in [1.165, 1.54) is 11.0 Å². The summed E-state index contributed by atoms with van der Waals surface area (Å²) in [5.41, 5.74) is 7.23. The van der Waals surface area contributed by atoms with Gasteiger partial charge in [-0.25, -0.2) is 4.68 Å². The van der Waals surface area contributed by atoms with Crippen LogP contribution in [0.5, 0.6) is 0 Å². The second-order valence-electron chi connectivity index (χ2n) is 3.82. The van der Waals surface area contributed by atoms with Gasteiger partial charge in [-0.3, -0.25) is 14.8 Å². The highest BCUT2D eigenvalue weighted by Gasteiger charge is 2.20. The number of rotatable bonds is 3. The van der Waals surface area contributed by atoms with Gasteiger partial charge in [0.2, 0.25) is 5.95 Å². The van der Waals surface area contributed by atoms with Gasteiger partial charge in [0.05, 0.1) is 11.4 Å². The van der Waals surface area contributed by atoms with E-state index in [0.717, 1.165) is 0 Å². The number of nitrogens with one attached hydrogen (secondary N) is 1. The number of carbonyl (C=O) groups excluding carboxylic acids is 1. The monoisotopic (exact) mass is 249 g/mol. The van der Waals surface area contributed by atoms with Crippen LogP contribution in [0.15, 0.2) is 6.33 Å². The molecule has 0 aliphatic carbocycles. The molecule has 2 rings (SSSR count). The molecule has 96 valence electrons. The Hall–Kier alpha value is -2.38. The van der Waals surface area contributed by atoms with Crippen LogP contribution in [0.4, 0.5) is 11.6 Å². The van der Waals surface area contributed by atoms with Crippen molar-refractivity contribution in [3.8, 4) is 0 Å². The topological polar surface area (TPSA) is 104 Å². The first kappa shape index (κ1) is 12.1. The average molecular weight is 249 g/mol. The van der Waals surface area contributed by atoms with Gasteiger partial charge in [0.1, 0.15) is 12.0 Å². The van der Waals surface area contributed by atoms with Crippen molar-refractivity contribution in [3.05, 3.63) is 17.7 Å². The number of nitrogen functional groups attached to an aromatic ring is 1. The van der Waals surface area contributed by atoms with Gasteiger partial charge >= 0.3 is 0 Å². The van der Waals surface area contributed by atoms with Crippen LogP contribution in [0.25, 0.3) is 0 Å². The minimum atomic E-state index is -0.342. The second-order valence-corrected chi connectivity index (χ2v) is 3.82. The SMILES string of the molecule is CCn1nc(C)c(N)c1C(=O)Nc1ncnn1C. The lowest BCUT2D eigenvalue weighted by Crippen LogP contribution is -2.20. The fourth-order valence-electron chi connectivity index (χ4n) is 1.63. The minimum Gasteiger partial charge on any atom is -0.395 e. The molecule has 0 radical (unpaired) electrons. The van der Waals surface area contributed by atoms with Crippen LogP contribution in [-0.2, 0) is 13.6 Å². The zero-order valence-corrected chi connectivity index (χ0v) is 10.5. The number of aryl methyl sites for hydroxylation is 3. The van der Waals surface area contributed by atoms with Gasteiger partial charge in [0.25, 0.3) is 5.91 Å². The van der Waals surface area contributed by atoms with Crippen LogP contribution in [0.3, 0.4) is 0 Å². The number of amides is 1. The molecular formula is C10H15N7O. The molecule has 0 spiro atoms. The molecule has 0 bridgehead atoms. The second kappa shape index (κ2) is 4.47. The van der Waals surface area contributed by atoms with Crippen molar-refractivity contribution >= 4 is 17.5 Å². The predicted molar refractivity (Wildman–Crippen MR) is 66.0 cm³/mol. The van der Waals surface area contributed by atoms with Crippen LogP contribution in [-0.4, -0.2) is 30.5 Å². The number of nitrogens with zero attached hydrogens (tertiary/aromatic N) is 5. The molecule has 8 nitrogen and oxygen atoms in total. The predicted octanol–water partition coefficient (Wildman–Crippen LogP) is 0.174. The van der Waals surface area contributed by atoms with Crippen molar-refractivity contribution < 1.29 is 4.79 Å². The Kier molecular flexibility index (Phi) is 3.00. The molecule has 0 aromatic carbocycles. The highest BCUT2D eigenvalue weighted by molar-refractivity contribution is 6.06. The van der Waals surface area contributed by atoms with Crippen molar-refractivity contribution in [2.75, 3.05) is 11.1 Å². The molecular weight excluding hydrogens is 234 g/mol. The van der Waals surface area contributed by atoms with Crippen molar-refractivity contribution in [2.45, 2.75) is 20.4 Å². The fourth-order valence-corrected chi connectivity index (χ4v) is 1.63. The number of hydrogen-bond donors (Lipinski definition) is 2. The van der Waals surface area contributed by atoms with Crippen LogP contribution >= 0.6 is 0 Å². The molecule has 2 heterocycles. The Labute approximate surface area is 104 Å². The van der Waals surface area contributed by atoms with E-state index in [2.05, 4.69) is 20.5 Å². The largest absolute Gasteiger partial charge is 0.395 e. The summed E-state index contributed by atoms with van der Waals surface area (Å²) in [4.78, 5) is 16.1. The van der Waals surface area contributed by atoms with E-state index in [9.17, 15) is 4.79 Å². The molecule has 18 heavy (non-hydrogen) atoms. The maximum absolute atomic E-state index is 12.1. The Balaban J connectivity index is 2.32. The number of hydrogen-bond acceptors (Lipinski definition) is 5. The van der Waals surface area contributed by atoms with Gasteiger partial charge in [-0.2, -0.15) is 15.2 Å². The molecule has 0 fully saturated rings. The zero-order chi connectivity index (χ0) is 13.3. The minimum absolute atomic E-state index is 0.342. The molecule has 0 atom stereocenters. The van der Waals surface area contributed by atoms with E-state index in [1.807, 2.05) is 6.92 Å². The molecule has 3 N–H and O–H groups in total. The Morgan fingerprint density at radius 1 is 1.56 bits per heavy atom. The van der Waals surface area contributed by atoms with E-state index in [4.69, 9.17) is 5.73 Å². The van der Waals surface area contributed by atoms with Crippen LogP contribution < -0.4 is 11.1 Å². The first-order valence-electron chi connectivity index (χ1n) is 5.52. The molecule has 0 saturated carbocycles. The molecule has 0 unspecified atom stereocenters.